The molecule has 0 aliphatic carbocycles. The Balaban J connectivity index is 2.11. The van der Waals surface area contributed by atoms with E-state index < -0.39 is 28.4 Å². The van der Waals surface area contributed by atoms with E-state index >= 15 is 0 Å². The molecule has 2 rings (SSSR count). The van der Waals surface area contributed by atoms with Crippen LogP contribution in [-0.4, -0.2) is 46.9 Å². The molecule has 0 bridgehead atoms. The fourth-order valence-electron chi connectivity index (χ4n) is 4.28. The van der Waals surface area contributed by atoms with Gasteiger partial charge in [0.1, 0.15) is 6.04 Å². The lowest BCUT2D eigenvalue weighted by atomic mass is 9.66. The van der Waals surface area contributed by atoms with Crippen LogP contribution in [0.4, 0.5) is 0 Å². The number of rotatable bonds is 8. The zero-order chi connectivity index (χ0) is 25.2. The molecule has 3 amide bonds. The van der Waals surface area contributed by atoms with Crippen LogP contribution in [0.15, 0.2) is 24.3 Å². The van der Waals surface area contributed by atoms with Gasteiger partial charge in [0.15, 0.2) is 0 Å². The second-order valence-electron chi connectivity index (χ2n) is 10.8. The van der Waals surface area contributed by atoms with Crippen LogP contribution < -0.4 is 11.1 Å². The summed E-state index contributed by atoms with van der Waals surface area (Å²) in [5, 5.41) is 15.0. The van der Waals surface area contributed by atoms with Gasteiger partial charge < -0.3 is 21.1 Å². The van der Waals surface area contributed by atoms with Crippen molar-refractivity contribution in [2.45, 2.75) is 72.4 Å². The van der Waals surface area contributed by atoms with Crippen LogP contribution in [-0.2, 0) is 20.0 Å². The summed E-state index contributed by atoms with van der Waals surface area (Å²) in [7, 11) is 0. The quantitative estimate of drug-likeness (QED) is 0.531. The van der Waals surface area contributed by atoms with Gasteiger partial charge in [-0.1, -0.05) is 65.3 Å². The van der Waals surface area contributed by atoms with Crippen LogP contribution in [0.2, 0.25) is 5.02 Å². The van der Waals surface area contributed by atoms with Crippen molar-refractivity contribution in [3.05, 3.63) is 34.9 Å². The van der Waals surface area contributed by atoms with Gasteiger partial charge in [-0.05, 0) is 36.5 Å². The number of amides is 3. The van der Waals surface area contributed by atoms with E-state index in [4.69, 9.17) is 17.3 Å². The standard InChI is InChI=1S/C25H38ClN3O4/c1-16(2)20(28-19(30)11-12-23(3,4)22(27)32)21(31)29-14-13-25(33,24(5,6)15-29)17-7-9-18(26)10-8-17/h7-10,16,20,33H,11-15H2,1-6H3,(H2,27,32)(H,28,30)/t20-,25+/m1/s1. The minimum absolute atomic E-state index is 0.105. The Bertz CT molecular complexity index is 882. The molecule has 1 aromatic rings. The third-order valence-electron chi connectivity index (χ3n) is 6.98. The summed E-state index contributed by atoms with van der Waals surface area (Å²) in [5.41, 5.74) is 3.64. The molecule has 1 saturated heterocycles. The maximum absolute atomic E-state index is 13.4. The average Bonchev–Trinajstić information content (AvgIpc) is 2.72. The summed E-state index contributed by atoms with van der Waals surface area (Å²) in [4.78, 5) is 39.2. The largest absolute Gasteiger partial charge is 0.384 e. The van der Waals surface area contributed by atoms with Crippen molar-refractivity contribution in [1.29, 1.82) is 0 Å². The molecule has 0 unspecified atom stereocenters. The van der Waals surface area contributed by atoms with Crippen molar-refractivity contribution < 1.29 is 19.5 Å². The van der Waals surface area contributed by atoms with E-state index in [9.17, 15) is 19.5 Å². The number of nitrogens with two attached hydrogens (primary N) is 1. The maximum atomic E-state index is 13.4. The number of piperidine rings is 1. The summed E-state index contributed by atoms with van der Waals surface area (Å²) >= 11 is 6.01. The smallest absolute Gasteiger partial charge is 0.245 e. The summed E-state index contributed by atoms with van der Waals surface area (Å²) < 4.78 is 0. The molecule has 4 N–H and O–H groups in total. The molecule has 7 nitrogen and oxygen atoms in total. The van der Waals surface area contributed by atoms with Crippen LogP contribution in [0.5, 0.6) is 0 Å². The number of primary amides is 1. The lowest BCUT2D eigenvalue weighted by molar-refractivity contribution is -0.156. The second-order valence-corrected chi connectivity index (χ2v) is 11.2. The molecular formula is C25H38ClN3O4. The first-order chi connectivity index (χ1) is 15.1. The van der Waals surface area contributed by atoms with E-state index in [0.717, 1.165) is 5.56 Å². The number of benzene rings is 1. The highest BCUT2D eigenvalue weighted by atomic mass is 35.5. The summed E-state index contributed by atoms with van der Waals surface area (Å²) in [5.74, 6) is -1.04. The van der Waals surface area contributed by atoms with E-state index in [2.05, 4.69) is 5.32 Å². The summed E-state index contributed by atoms with van der Waals surface area (Å²) in [6.45, 7) is 11.8. The number of hydrogen-bond acceptors (Lipinski definition) is 4. The van der Waals surface area contributed by atoms with E-state index in [-0.39, 0.29) is 24.2 Å². The van der Waals surface area contributed by atoms with Gasteiger partial charge in [-0.2, -0.15) is 0 Å². The fraction of sp³-hybridized carbons (Fsp3) is 0.640. The van der Waals surface area contributed by atoms with Crippen molar-refractivity contribution in [1.82, 2.24) is 10.2 Å². The average molecular weight is 480 g/mol. The third-order valence-corrected chi connectivity index (χ3v) is 7.23. The molecule has 1 aliphatic rings. The van der Waals surface area contributed by atoms with Gasteiger partial charge in [-0.3, -0.25) is 14.4 Å². The number of likely N-dealkylation sites (tertiary alicyclic amines) is 1. The van der Waals surface area contributed by atoms with Crippen molar-refractivity contribution in [2.75, 3.05) is 13.1 Å². The molecule has 2 atom stereocenters. The summed E-state index contributed by atoms with van der Waals surface area (Å²) in [6.07, 6.45) is 0.783. The van der Waals surface area contributed by atoms with E-state index in [1.54, 1.807) is 30.9 Å². The highest BCUT2D eigenvalue weighted by Gasteiger charge is 2.50. The maximum Gasteiger partial charge on any atom is 0.245 e. The lowest BCUT2D eigenvalue weighted by Crippen LogP contribution is -2.60. The third kappa shape index (κ3) is 6.07. The molecule has 0 spiro atoms. The minimum atomic E-state index is -1.11. The van der Waals surface area contributed by atoms with Crippen LogP contribution >= 0.6 is 11.6 Å². The highest BCUT2D eigenvalue weighted by molar-refractivity contribution is 6.30. The number of hydrogen-bond donors (Lipinski definition) is 3. The molecule has 0 saturated carbocycles. The van der Waals surface area contributed by atoms with Crippen LogP contribution in [0.25, 0.3) is 0 Å². The molecule has 0 aromatic heterocycles. The van der Waals surface area contributed by atoms with Gasteiger partial charge in [0.25, 0.3) is 0 Å². The van der Waals surface area contributed by atoms with Gasteiger partial charge in [0.2, 0.25) is 17.7 Å². The van der Waals surface area contributed by atoms with Gasteiger partial charge in [0.05, 0.1) is 5.60 Å². The molecule has 1 heterocycles. The first-order valence-corrected chi connectivity index (χ1v) is 11.8. The number of nitrogens with one attached hydrogen (secondary N) is 1. The number of aliphatic hydroxyl groups is 1. The van der Waals surface area contributed by atoms with Crippen molar-refractivity contribution in [3.63, 3.8) is 0 Å². The molecule has 0 radical (unpaired) electrons. The van der Waals surface area contributed by atoms with Crippen LogP contribution in [0.3, 0.4) is 0 Å². The Kier molecular flexibility index (Phi) is 8.23. The zero-order valence-electron chi connectivity index (χ0n) is 20.6. The SMILES string of the molecule is CC(C)[C@@H](NC(=O)CCC(C)(C)C(N)=O)C(=O)N1CC[C@](O)(c2ccc(Cl)cc2)C(C)(C)C1. The van der Waals surface area contributed by atoms with Gasteiger partial charge >= 0.3 is 0 Å². The number of halogens is 1. The van der Waals surface area contributed by atoms with Gasteiger partial charge in [-0.25, -0.2) is 0 Å². The number of carbonyl (C=O) groups excluding carboxylic acids is 3. The predicted octanol–water partition coefficient (Wildman–Crippen LogP) is 3.22. The Morgan fingerprint density at radius 3 is 2.27 bits per heavy atom. The molecule has 33 heavy (non-hydrogen) atoms. The van der Waals surface area contributed by atoms with Crippen LogP contribution in [0.1, 0.15) is 66.4 Å². The highest BCUT2D eigenvalue weighted by Crippen LogP contribution is 2.46. The van der Waals surface area contributed by atoms with E-state index in [0.29, 0.717) is 31.0 Å². The Morgan fingerprint density at radius 2 is 1.79 bits per heavy atom. The first kappa shape index (κ1) is 27.1. The molecular weight excluding hydrogens is 442 g/mol. The Morgan fingerprint density at radius 1 is 1.21 bits per heavy atom. The molecule has 8 heteroatoms. The Hall–Kier alpha value is -2.12. The zero-order valence-corrected chi connectivity index (χ0v) is 21.3. The van der Waals surface area contributed by atoms with Gasteiger partial charge in [-0.15, -0.1) is 0 Å². The predicted molar refractivity (Wildman–Crippen MR) is 129 cm³/mol. The van der Waals surface area contributed by atoms with Crippen LogP contribution in [0, 0.1) is 16.7 Å². The normalized spacial score (nSPS) is 21.5. The lowest BCUT2D eigenvalue weighted by Gasteiger charge is -2.51. The van der Waals surface area contributed by atoms with Crippen molar-refractivity contribution >= 4 is 29.3 Å². The fourth-order valence-corrected chi connectivity index (χ4v) is 4.40. The number of carbonyl (C=O) groups is 3. The van der Waals surface area contributed by atoms with Crippen molar-refractivity contribution in [2.24, 2.45) is 22.5 Å². The van der Waals surface area contributed by atoms with Gasteiger partial charge in [0, 0.05) is 35.4 Å². The topological polar surface area (TPSA) is 113 Å². The van der Waals surface area contributed by atoms with E-state index in [1.807, 2.05) is 39.8 Å². The Labute approximate surface area is 202 Å². The second kappa shape index (κ2) is 10.0. The monoisotopic (exact) mass is 479 g/mol. The molecule has 1 aliphatic heterocycles. The molecule has 184 valence electrons. The van der Waals surface area contributed by atoms with Crippen molar-refractivity contribution in [3.8, 4) is 0 Å². The summed E-state index contributed by atoms with van der Waals surface area (Å²) in [6, 6.07) is 6.48. The molecule has 1 fully saturated rings. The molecule has 1 aromatic carbocycles. The number of nitrogens with zero attached hydrogens (tertiary/aromatic N) is 1. The first-order valence-electron chi connectivity index (χ1n) is 11.5. The van der Waals surface area contributed by atoms with E-state index in [1.165, 1.54) is 0 Å². The minimum Gasteiger partial charge on any atom is -0.384 e.